The van der Waals surface area contributed by atoms with Crippen LogP contribution in [0, 0.1) is 0 Å². The summed E-state index contributed by atoms with van der Waals surface area (Å²) in [7, 11) is -3.25. The van der Waals surface area contributed by atoms with Crippen LogP contribution in [0.3, 0.4) is 0 Å². The third-order valence-corrected chi connectivity index (χ3v) is 5.49. The number of nitrogens with zero attached hydrogens (tertiary/aromatic N) is 2. The molecule has 5 nitrogen and oxygen atoms in total. The van der Waals surface area contributed by atoms with E-state index in [-0.39, 0.29) is 5.75 Å². The van der Waals surface area contributed by atoms with Gasteiger partial charge in [0.2, 0.25) is 10.0 Å². The average Bonchev–Trinajstić information content (AvgIpc) is 3.00. The molecule has 1 aliphatic heterocycles. The van der Waals surface area contributed by atoms with Gasteiger partial charge in [-0.1, -0.05) is 41.9 Å². The molecule has 4 rings (SSSR count). The maximum atomic E-state index is 11.9. The molecule has 0 fully saturated rings. The van der Waals surface area contributed by atoms with Crippen molar-refractivity contribution in [3.8, 4) is 16.8 Å². The predicted octanol–water partition coefficient (Wildman–Crippen LogP) is 3.49. The zero-order valence-electron chi connectivity index (χ0n) is 12.6. The zero-order valence-corrected chi connectivity index (χ0v) is 14.2. The van der Waals surface area contributed by atoms with Crippen molar-refractivity contribution in [1.82, 2.24) is 9.78 Å². The van der Waals surface area contributed by atoms with Crippen LogP contribution in [0.4, 0.5) is 5.69 Å². The minimum atomic E-state index is -3.25. The first-order chi connectivity index (χ1) is 11.5. The highest BCUT2D eigenvalue weighted by molar-refractivity contribution is 7.92. The van der Waals surface area contributed by atoms with Gasteiger partial charge in [-0.2, -0.15) is 5.10 Å². The van der Waals surface area contributed by atoms with E-state index >= 15 is 0 Å². The molecule has 0 aliphatic carbocycles. The second-order valence-electron chi connectivity index (χ2n) is 5.66. The molecule has 3 aromatic rings. The monoisotopic (exact) mass is 359 g/mol. The Bertz CT molecular complexity index is 1010. The summed E-state index contributed by atoms with van der Waals surface area (Å²) in [5.41, 5.74) is 4.40. The predicted molar refractivity (Wildman–Crippen MR) is 95.1 cm³/mol. The fraction of sp³-hybridized carbons (Fsp3) is 0.118. The lowest BCUT2D eigenvalue weighted by molar-refractivity contribution is 0.599. The Morgan fingerprint density at radius 1 is 1.12 bits per heavy atom. The lowest BCUT2D eigenvalue weighted by Gasteiger charge is -2.21. The minimum absolute atomic E-state index is 0.127. The van der Waals surface area contributed by atoms with Gasteiger partial charge in [-0.3, -0.25) is 4.72 Å². The van der Waals surface area contributed by atoms with Crippen molar-refractivity contribution < 1.29 is 8.42 Å². The molecule has 1 N–H and O–H groups in total. The van der Waals surface area contributed by atoms with Gasteiger partial charge in [-0.05, 0) is 29.7 Å². The lowest BCUT2D eigenvalue weighted by atomic mass is 9.99. The van der Waals surface area contributed by atoms with E-state index in [2.05, 4.69) is 9.82 Å². The van der Waals surface area contributed by atoms with Crippen LogP contribution in [0.5, 0.6) is 0 Å². The van der Waals surface area contributed by atoms with Crippen LogP contribution >= 0.6 is 11.6 Å². The van der Waals surface area contributed by atoms with Crippen molar-refractivity contribution in [2.24, 2.45) is 0 Å². The molecular weight excluding hydrogens is 346 g/mol. The van der Waals surface area contributed by atoms with Crippen LogP contribution in [0.25, 0.3) is 16.8 Å². The molecular formula is C17H14ClN3O2S. The Morgan fingerprint density at radius 2 is 1.92 bits per heavy atom. The molecule has 0 atom stereocenters. The highest BCUT2D eigenvalue weighted by Gasteiger charge is 2.22. The van der Waals surface area contributed by atoms with Crippen molar-refractivity contribution in [3.05, 3.63) is 65.4 Å². The first-order valence-corrected chi connectivity index (χ1v) is 9.48. The Labute approximate surface area is 144 Å². The lowest BCUT2D eigenvalue weighted by Crippen LogP contribution is -2.24. The van der Waals surface area contributed by atoms with Crippen LogP contribution < -0.4 is 4.72 Å². The standard InChI is InChI=1S/C17H14ClN3O2S/c18-14-10-19-21(11-14)15-6-4-12(5-7-15)16-3-1-2-13-8-9-24(22,23)20-17(13)16/h1-7,10-11,20H,8-9H2. The van der Waals surface area contributed by atoms with E-state index in [4.69, 9.17) is 11.6 Å². The van der Waals surface area contributed by atoms with Gasteiger partial charge < -0.3 is 0 Å². The molecule has 122 valence electrons. The third kappa shape index (κ3) is 2.79. The minimum Gasteiger partial charge on any atom is -0.283 e. The quantitative estimate of drug-likeness (QED) is 0.761. The number of hydrogen-bond donors (Lipinski definition) is 1. The van der Waals surface area contributed by atoms with Crippen molar-refractivity contribution in [1.29, 1.82) is 0 Å². The van der Waals surface area contributed by atoms with Crippen LogP contribution in [0.15, 0.2) is 54.9 Å². The van der Waals surface area contributed by atoms with E-state index in [0.717, 1.165) is 22.4 Å². The third-order valence-electron chi connectivity index (χ3n) is 4.04. The van der Waals surface area contributed by atoms with Gasteiger partial charge in [-0.15, -0.1) is 0 Å². The fourth-order valence-corrected chi connectivity index (χ4v) is 4.14. The summed E-state index contributed by atoms with van der Waals surface area (Å²) >= 11 is 5.90. The number of aromatic nitrogens is 2. The van der Waals surface area contributed by atoms with E-state index < -0.39 is 10.0 Å². The molecule has 0 amide bonds. The summed E-state index contributed by atoms with van der Waals surface area (Å²) in [4.78, 5) is 0. The van der Waals surface area contributed by atoms with Gasteiger partial charge in [-0.25, -0.2) is 13.1 Å². The molecule has 0 saturated carbocycles. The summed E-state index contributed by atoms with van der Waals surface area (Å²) in [5, 5.41) is 4.75. The van der Waals surface area contributed by atoms with Gasteiger partial charge in [0.1, 0.15) is 0 Å². The number of rotatable bonds is 2. The van der Waals surface area contributed by atoms with E-state index in [1.54, 1.807) is 17.1 Å². The van der Waals surface area contributed by atoms with Gasteiger partial charge in [0.05, 0.1) is 28.3 Å². The Kier molecular flexibility index (Phi) is 3.58. The average molecular weight is 360 g/mol. The smallest absolute Gasteiger partial charge is 0.233 e. The number of nitrogens with one attached hydrogen (secondary N) is 1. The van der Waals surface area contributed by atoms with Crippen molar-refractivity contribution in [2.75, 3.05) is 10.5 Å². The Hall–Kier alpha value is -2.31. The summed E-state index contributed by atoms with van der Waals surface area (Å²) in [6.07, 6.45) is 3.84. The molecule has 2 aromatic carbocycles. The Morgan fingerprint density at radius 3 is 2.62 bits per heavy atom. The molecule has 2 heterocycles. The topological polar surface area (TPSA) is 64.0 Å². The molecule has 0 bridgehead atoms. The number of anilines is 1. The highest BCUT2D eigenvalue weighted by Crippen LogP contribution is 2.35. The van der Waals surface area contributed by atoms with Crippen LogP contribution in [0.1, 0.15) is 5.56 Å². The maximum absolute atomic E-state index is 11.9. The van der Waals surface area contributed by atoms with Crippen molar-refractivity contribution in [2.45, 2.75) is 6.42 Å². The summed E-state index contributed by atoms with van der Waals surface area (Å²) in [6.45, 7) is 0. The van der Waals surface area contributed by atoms with Crippen LogP contribution in [-0.2, 0) is 16.4 Å². The SMILES string of the molecule is O=S1(=O)CCc2cccc(-c3ccc(-n4cc(Cl)cn4)cc3)c2N1. The first-order valence-electron chi connectivity index (χ1n) is 7.45. The normalized spacial score (nSPS) is 15.5. The zero-order chi connectivity index (χ0) is 16.7. The number of para-hydroxylation sites is 1. The summed E-state index contributed by atoms with van der Waals surface area (Å²) < 4.78 is 28.2. The molecule has 1 aromatic heterocycles. The van der Waals surface area contributed by atoms with Crippen molar-refractivity contribution >= 4 is 27.3 Å². The Balaban J connectivity index is 1.75. The van der Waals surface area contributed by atoms with Gasteiger partial charge >= 0.3 is 0 Å². The molecule has 0 unspecified atom stereocenters. The van der Waals surface area contributed by atoms with Gasteiger partial charge in [0, 0.05) is 11.8 Å². The summed E-state index contributed by atoms with van der Waals surface area (Å²) in [5.74, 6) is 0.127. The molecule has 24 heavy (non-hydrogen) atoms. The number of aryl methyl sites for hydroxylation is 1. The number of benzene rings is 2. The maximum Gasteiger partial charge on any atom is 0.233 e. The molecule has 1 aliphatic rings. The number of fused-ring (bicyclic) bond motifs is 1. The number of halogens is 1. The van der Waals surface area contributed by atoms with Crippen molar-refractivity contribution in [3.63, 3.8) is 0 Å². The second-order valence-corrected chi connectivity index (χ2v) is 7.94. The molecule has 0 saturated heterocycles. The fourth-order valence-electron chi connectivity index (χ4n) is 2.86. The second kappa shape index (κ2) is 5.65. The molecule has 0 spiro atoms. The van der Waals surface area contributed by atoms with E-state index in [9.17, 15) is 8.42 Å². The first kappa shape index (κ1) is 15.2. The largest absolute Gasteiger partial charge is 0.283 e. The molecule has 0 radical (unpaired) electrons. The summed E-state index contributed by atoms with van der Waals surface area (Å²) in [6, 6.07) is 13.6. The highest BCUT2D eigenvalue weighted by atomic mass is 35.5. The van der Waals surface area contributed by atoms with Gasteiger partial charge in [0.15, 0.2) is 0 Å². The van der Waals surface area contributed by atoms with E-state index in [1.165, 1.54) is 0 Å². The van der Waals surface area contributed by atoms with Gasteiger partial charge in [0.25, 0.3) is 0 Å². The number of hydrogen-bond acceptors (Lipinski definition) is 3. The van der Waals surface area contributed by atoms with E-state index in [0.29, 0.717) is 17.1 Å². The number of sulfonamides is 1. The van der Waals surface area contributed by atoms with Crippen LogP contribution in [0.2, 0.25) is 5.02 Å². The van der Waals surface area contributed by atoms with Crippen LogP contribution in [-0.4, -0.2) is 24.0 Å². The molecule has 7 heteroatoms. The van der Waals surface area contributed by atoms with E-state index in [1.807, 2.05) is 42.5 Å².